The summed E-state index contributed by atoms with van der Waals surface area (Å²) >= 11 is 0. The summed E-state index contributed by atoms with van der Waals surface area (Å²) in [7, 11) is 0. The number of benzene rings is 4. The van der Waals surface area contributed by atoms with Gasteiger partial charge in [0.25, 0.3) is 0 Å². The van der Waals surface area contributed by atoms with E-state index >= 15 is 0 Å². The number of hydrogen-bond acceptors (Lipinski definition) is 4. The van der Waals surface area contributed by atoms with Crippen LogP contribution in [-0.4, -0.2) is 22.9 Å². The largest absolute Gasteiger partial charge is 0.508 e. The van der Waals surface area contributed by atoms with Crippen molar-refractivity contribution in [3.63, 3.8) is 0 Å². The van der Waals surface area contributed by atoms with Crippen LogP contribution in [0.15, 0.2) is 97.6 Å². The van der Waals surface area contributed by atoms with Crippen molar-refractivity contribution in [2.75, 3.05) is 13.2 Å². The van der Waals surface area contributed by atoms with E-state index in [4.69, 9.17) is 9.47 Å². The van der Waals surface area contributed by atoms with E-state index in [9.17, 15) is 14.8 Å². The van der Waals surface area contributed by atoms with Crippen molar-refractivity contribution in [3.8, 4) is 28.6 Å². The molecule has 5 aromatic rings. The molecule has 1 saturated heterocycles. The molecule has 4 aromatic carbocycles. The number of aromatic nitrogens is 1. The second kappa shape index (κ2) is 13.4. The van der Waals surface area contributed by atoms with Crippen LogP contribution >= 0.6 is 0 Å². The first-order chi connectivity index (χ1) is 21.0. The Bertz CT molecular complexity index is 1750. The minimum atomic E-state index is -0.309. The van der Waals surface area contributed by atoms with Crippen molar-refractivity contribution in [2.24, 2.45) is 0 Å². The molecule has 0 aliphatic carbocycles. The SMILES string of the molecule is C=C(O)c1ccc(-c2c(C3CCOCC3)n(-c3ccc(F)cc3)c3ccc(C#N)c(OCc4ccccc4)c23)cc1.CC. The van der Waals surface area contributed by atoms with Crippen molar-refractivity contribution in [3.05, 3.63) is 126 Å². The average molecular weight is 575 g/mol. The summed E-state index contributed by atoms with van der Waals surface area (Å²) in [5, 5.41) is 21.0. The van der Waals surface area contributed by atoms with Crippen molar-refractivity contribution < 1.29 is 19.0 Å². The number of nitriles is 1. The highest BCUT2D eigenvalue weighted by Crippen LogP contribution is 2.48. The van der Waals surface area contributed by atoms with Crippen LogP contribution in [0.1, 0.15) is 55.0 Å². The smallest absolute Gasteiger partial charge is 0.147 e. The molecule has 1 aliphatic rings. The Morgan fingerprint density at radius 2 is 1.65 bits per heavy atom. The topological polar surface area (TPSA) is 67.4 Å². The summed E-state index contributed by atoms with van der Waals surface area (Å²) in [6, 6.07) is 30.0. The monoisotopic (exact) mass is 574 g/mol. The van der Waals surface area contributed by atoms with Gasteiger partial charge in [0.2, 0.25) is 0 Å². The highest BCUT2D eigenvalue weighted by molar-refractivity contribution is 6.04. The maximum atomic E-state index is 14.1. The quantitative estimate of drug-likeness (QED) is 0.197. The van der Waals surface area contributed by atoms with Crippen LogP contribution in [0.2, 0.25) is 0 Å². The minimum absolute atomic E-state index is 0.00593. The number of nitrogens with zero attached hydrogens (tertiary/aromatic N) is 2. The number of aliphatic hydroxyl groups is 1. The molecule has 0 amide bonds. The lowest BCUT2D eigenvalue weighted by Crippen LogP contribution is -2.17. The fourth-order valence-corrected chi connectivity index (χ4v) is 5.69. The molecule has 2 heterocycles. The first kappa shape index (κ1) is 29.6. The maximum absolute atomic E-state index is 14.1. The molecule has 1 aliphatic heterocycles. The van der Waals surface area contributed by atoms with E-state index in [0.29, 0.717) is 36.7 Å². The molecule has 5 nitrogen and oxygen atoms in total. The van der Waals surface area contributed by atoms with E-state index < -0.39 is 0 Å². The Morgan fingerprint density at radius 1 is 0.977 bits per heavy atom. The second-order valence-corrected chi connectivity index (χ2v) is 10.2. The molecule has 0 saturated carbocycles. The summed E-state index contributed by atoms with van der Waals surface area (Å²) in [6.07, 6.45) is 1.64. The van der Waals surface area contributed by atoms with Crippen LogP contribution in [0.25, 0.3) is 33.5 Å². The zero-order valence-electron chi connectivity index (χ0n) is 24.5. The lowest BCUT2D eigenvalue weighted by Gasteiger charge is -2.26. The van der Waals surface area contributed by atoms with Crippen LogP contribution in [-0.2, 0) is 11.3 Å². The standard InChI is InChI=1S/C35H29FN2O3.C2H6/c1-23(39)25-7-9-26(10-8-25)32-33-31(16-11-28(21-37)35(33)41-22-24-5-3-2-4-6-24)38(30-14-12-29(36)13-15-30)34(32)27-17-19-40-20-18-27;1-2/h2-16,27,39H,1,17-20,22H2;1-2H3. The van der Waals surface area contributed by atoms with Gasteiger partial charge in [0.1, 0.15) is 30.0 Å². The predicted molar refractivity (Wildman–Crippen MR) is 170 cm³/mol. The van der Waals surface area contributed by atoms with E-state index in [1.165, 1.54) is 12.1 Å². The zero-order valence-corrected chi connectivity index (χ0v) is 24.5. The predicted octanol–water partition coefficient (Wildman–Crippen LogP) is 9.34. The van der Waals surface area contributed by atoms with Gasteiger partial charge in [-0.3, -0.25) is 0 Å². The number of halogens is 1. The van der Waals surface area contributed by atoms with Crippen molar-refractivity contribution in [1.82, 2.24) is 4.57 Å². The van der Waals surface area contributed by atoms with Gasteiger partial charge in [0.05, 0.1) is 16.5 Å². The third-order valence-electron chi connectivity index (χ3n) is 7.67. The van der Waals surface area contributed by atoms with E-state index in [1.54, 1.807) is 18.2 Å². The molecule has 218 valence electrons. The number of ether oxygens (including phenoxy) is 2. The third-order valence-corrected chi connectivity index (χ3v) is 7.67. The molecule has 0 spiro atoms. The minimum Gasteiger partial charge on any atom is -0.508 e. The fourth-order valence-electron chi connectivity index (χ4n) is 5.69. The lowest BCUT2D eigenvalue weighted by molar-refractivity contribution is 0.0843. The zero-order chi connectivity index (χ0) is 30.3. The molecule has 0 atom stereocenters. The third kappa shape index (κ3) is 6.04. The van der Waals surface area contributed by atoms with E-state index in [-0.39, 0.29) is 17.5 Å². The highest BCUT2D eigenvalue weighted by Gasteiger charge is 2.30. The molecule has 1 aromatic heterocycles. The molecule has 1 fully saturated rings. The number of hydrogen-bond donors (Lipinski definition) is 1. The molecule has 1 N–H and O–H groups in total. The Labute approximate surface area is 252 Å². The van der Waals surface area contributed by atoms with Crippen LogP contribution in [0.5, 0.6) is 5.75 Å². The summed E-state index contributed by atoms with van der Waals surface area (Å²) in [5.74, 6) is 0.343. The molecule has 0 bridgehead atoms. The average Bonchev–Trinajstić information content (AvgIpc) is 3.41. The molecule has 0 unspecified atom stereocenters. The summed E-state index contributed by atoms with van der Waals surface area (Å²) in [4.78, 5) is 0. The lowest BCUT2D eigenvalue weighted by atomic mass is 9.89. The van der Waals surface area contributed by atoms with Gasteiger partial charge in [0, 0.05) is 41.6 Å². The van der Waals surface area contributed by atoms with Crippen LogP contribution in [0, 0.1) is 17.1 Å². The number of aliphatic hydroxyl groups excluding tert-OH is 1. The molecule has 0 radical (unpaired) electrons. The van der Waals surface area contributed by atoms with Crippen LogP contribution < -0.4 is 4.74 Å². The van der Waals surface area contributed by atoms with Gasteiger partial charge in [0.15, 0.2) is 0 Å². The van der Waals surface area contributed by atoms with Gasteiger partial charge in [-0.15, -0.1) is 0 Å². The summed E-state index contributed by atoms with van der Waals surface area (Å²) in [6.45, 7) is 9.23. The Morgan fingerprint density at radius 3 is 2.28 bits per heavy atom. The Kier molecular flexibility index (Phi) is 9.24. The van der Waals surface area contributed by atoms with E-state index in [1.807, 2.05) is 74.5 Å². The first-order valence-corrected chi connectivity index (χ1v) is 14.7. The number of fused-ring (bicyclic) bond motifs is 1. The van der Waals surface area contributed by atoms with Crippen LogP contribution in [0.4, 0.5) is 4.39 Å². The van der Waals surface area contributed by atoms with Crippen molar-refractivity contribution in [1.29, 1.82) is 5.26 Å². The van der Waals surface area contributed by atoms with Crippen molar-refractivity contribution in [2.45, 2.75) is 39.2 Å². The molecular weight excluding hydrogens is 539 g/mol. The van der Waals surface area contributed by atoms with Gasteiger partial charge >= 0.3 is 0 Å². The van der Waals surface area contributed by atoms with Gasteiger partial charge in [-0.1, -0.05) is 75.0 Å². The normalized spacial score (nSPS) is 13.2. The Hall–Kier alpha value is -4.86. The van der Waals surface area contributed by atoms with Gasteiger partial charge < -0.3 is 19.1 Å². The molecule has 6 heteroatoms. The molecule has 6 rings (SSSR count). The van der Waals surface area contributed by atoms with Crippen molar-refractivity contribution >= 4 is 16.7 Å². The maximum Gasteiger partial charge on any atom is 0.147 e. The first-order valence-electron chi connectivity index (χ1n) is 14.7. The highest BCUT2D eigenvalue weighted by atomic mass is 19.1. The second-order valence-electron chi connectivity index (χ2n) is 10.2. The Balaban J connectivity index is 0.00000180. The van der Waals surface area contributed by atoms with Gasteiger partial charge in [-0.25, -0.2) is 4.39 Å². The van der Waals surface area contributed by atoms with E-state index in [2.05, 4.69) is 17.2 Å². The molecular formula is C37H35FN2O3. The fraction of sp³-hybridized carbons (Fsp3) is 0.216. The van der Waals surface area contributed by atoms with E-state index in [0.717, 1.165) is 51.8 Å². The summed E-state index contributed by atoms with van der Waals surface area (Å²) in [5.41, 5.74) is 6.67. The van der Waals surface area contributed by atoms with Crippen LogP contribution in [0.3, 0.4) is 0 Å². The molecule has 43 heavy (non-hydrogen) atoms. The van der Waals surface area contributed by atoms with Gasteiger partial charge in [-0.05, 0) is 60.4 Å². The number of rotatable bonds is 7. The van der Waals surface area contributed by atoms with Gasteiger partial charge in [-0.2, -0.15) is 5.26 Å². The summed E-state index contributed by atoms with van der Waals surface area (Å²) < 4.78 is 28.5.